The quantitative estimate of drug-likeness (QED) is 0.0864. The molecule has 0 amide bonds. The monoisotopic (exact) mass is 605 g/mol. The Morgan fingerprint density at radius 3 is 2.29 bits per heavy atom. The number of carbonyl (C=O) groups is 1. The molecule has 3 rings (SSSR count). The van der Waals surface area contributed by atoms with Gasteiger partial charge in [0, 0.05) is 12.2 Å². The Kier molecular flexibility index (Phi) is 10.1. The molecule has 0 spiro atoms. The van der Waals surface area contributed by atoms with E-state index in [2.05, 4.69) is 25.8 Å². The molecule has 7 N–H and O–H groups in total. The van der Waals surface area contributed by atoms with Crippen molar-refractivity contribution in [3.8, 4) is 0 Å². The van der Waals surface area contributed by atoms with Gasteiger partial charge in [-0.3, -0.25) is 4.55 Å². The topological polar surface area (TPSA) is 249 Å². The molecule has 3 aromatic carbocycles. The van der Waals surface area contributed by atoms with Gasteiger partial charge in [0.1, 0.15) is 22.0 Å². The van der Waals surface area contributed by atoms with Crippen LogP contribution in [0.2, 0.25) is 0 Å². The molecule has 0 radical (unpaired) electrons. The first-order valence-electron chi connectivity index (χ1n) is 11.7. The van der Waals surface area contributed by atoms with Crippen molar-refractivity contribution in [2.45, 2.75) is 4.90 Å². The van der Waals surface area contributed by atoms with Crippen LogP contribution >= 0.6 is 0 Å². The van der Waals surface area contributed by atoms with Gasteiger partial charge in [-0.2, -0.15) is 13.5 Å². The van der Waals surface area contributed by atoms with Gasteiger partial charge < -0.3 is 26.6 Å². The van der Waals surface area contributed by atoms with Gasteiger partial charge in [0.05, 0.1) is 47.8 Å². The van der Waals surface area contributed by atoms with Crippen LogP contribution in [0.4, 0.5) is 39.8 Å². The third-order valence-electron chi connectivity index (χ3n) is 5.43. The summed E-state index contributed by atoms with van der Waals surface area (Å²) in [5.74, 6) is -1.22. The van der Waals surface area contributed by atoms with Crippen molar-refractivity contribution < 1.29 is 36.0 Å². The average molecular weight is 606 g/mol. The maximum atomic E-state index is 12.0. The number of hydrogen-bond acceptors (Lipinski definition) is 14. The lowest BCUT2D eigenvalue weighted by Gasteiger charge is -2.11. The van der Waals surface area contributed by atoms with Crippen LogP contribution in [0.25, 0.3) is 0 Å². The molecule has 0 unspecified atom stereocenters. The van der Waals surface area contributed by atoms with E-state index >= 15 is 0 Å². The molecule has 0 fully saturated rings. The molecule has 0 aromatic heterocycles. The summed E-state index contributed by atoms with van der Waals surface area (Å²) in [6.07, 6.45) is 0. The van der Waals surface area contributed by atoms with E-state index in [0.717, 1.165) is 6.07 Å². The molecule has 0 aliphatic heterocycles. The predicted molar refractivity (Wildman–Crippen MR) is 152 cm³/mol. The molecule has 0 atom stereocenters. The molecular weight excluding hydrogens is 578 g/mol. The summed E-state index contributed by atoms with van der Waals surface area (Å²) < 4.78 is 62.0. The highest BCUT2D eigenvalue weighted by molar-refractivity contribution is 7.91. The Morgan fingerprint density at radius 2 is 1.61 bits per heavy atom. The van der Waals surface area contributed by atoms with Gasteiger partial charge in [-0.1, -0.05) is 18.2 Å². The van der Waals surface area contributed by atoms with Gasteiger partial charge in [-0.25, -0.2) is 13.2 Å². The smallest absolute Gasteiger partial charge is 0.340 e. The SMILES string of the molecule is COC(=O)c1ccccc1/N=N/c1cc(S(=O)(=O)O)c(N)c(/N=N/c2cccc(NCCS(=O)(=O)CCO)c2)c1N. The number of nitrogen functional groups attached to an aromatic ring is 2. The molecular formula is C24H27N7O8S2. The lowest BCUT2D eigenvalue weighted by atomic mass is 10.2. The first kappa shape index (κ1) is 31.1. The normalized spacial score (nSPS) is 12.2. The Balaban J connectivity index is 1.96. The minimum Gasteiger partial charge on any atom is -0.465 e. The maximum Gasteiger partial charge on any atom is 0.340 e. The van der Waals surface area contributed by atoms with E-state index < -0.39 is 43.1 Å². The number of rotatable bonds is 12. The van der Waals surface area contributed by atoms with Gasteiger partial charge in [0.2, 0.25) is 0 Å². The fraction of sp³-hybridized carbons (Fsp3) is 0.208. The lowest BCUT2D eigenvalue weighted by molar-refractivity contribution is 0.0601. The minimum atomic E-state index is -4.85. The molecule has 0 bridgehead atoms. The average Bonchev–Trinajstić information content (AvgIpc) is 2.91. The van der Waals surface area contributed by atoms with Gasteiger partial charge in [-0.15, -0.1) is 15.3 Å². The number of hydrogen-bond donors (Lipinski definition) is 5. The molecule has 0 aliphatic rings. The van der Waals surface area contributed by atoms with Gasteiger partial charge in [0.25, 0.3) is 10.1 Å². The standard InChI is InChI=1S/C24H27N7O8S2/c1-39-24(33)17-7-2-3-8-18(17)29-30-19-14-20(41(36,37)38)22(26)23(21(19)25)31-28-16-6-4-5-15(13-16)27-9-11-40(34,35)12-10-32/h2-8,13-14,27,32H,9-12,25-26H2,1H3,(H,36,37,38)/b30-29+,31-28+. The van der Waals surface area contributed by atoms with Crippen molar-refractivity contribution in [2.75, 3.05) is 48.6 Å². The van der Waals surface area contributed by atoms with Crippen LogP contribution in [-0.2, 0) is 24.7 Å². The first-order chi connectivity index (χ1) is 19.4. The number of aliphatic hydroxyl groups excluding tert-OH is 1. The summed E-state index contributed by atoms with van der Waals surface area (Å²) in [6.45, 7) is -0.389. The van der Waals surface area contributed by atoms with Crippen molar-refractivity contribution in [2.24, 2.45) is 20.5 Å². The van der Waals surface area contributed by atoms with Crippen LogP contribution in [0.1, 0.15) is 10.4 Å². The third kappa shape index (κ3) is 8.27. The summed E-state index contributed by atoms with van der Waals surface area (Å²) in [6, 6.07) is 13.4. The summed E-state index contributed by atoms with van der Waals surface area (Å²) in [5.41, 5.74) is 11.8. The maximum absolute atomic E-state index is 12.0. The van der Waals surface area contributed by atoms with E-state index in [1.807, 2.05) is 0 Å². The Bertz CT molecular complexity index is 1710. The van der Waals surface area contributed by atoms with Crippen LogP contribution in [0.5, 0.6) is 0 Å². The second-order valence-electron chi connectivity index (χ2n) is 8.31. The zero-order valence-electron chi connectivity index (χ0n) is 21.6. The second-order valence-corrected chi connectivity index (χ2v) is 12.0. The van der Waals surface area contributed by atoms with E-state index in [1.54, 1.807) is 30.3 Å². The largest absolute Gasteiger partial charge is 0.465 e. The van der Waals surface area contributed by atoms with Crippen LogP contribution in [-0.4, -0.2) is 64.2 Å². The van der Waals surface area contributed by atoms with Gasteiger partial charge in [-0.05, 0) is 36.4 Å². The summed E-state index contributed by atoms with van der Waals surface area (Å²) in [7, 11) is -7.07. The van der Waals surface area contributed by atoms with Crippen LogP contribution in [0.15, 0.2) is 79.9 Å². The molecule has 0 aliphatic carbocycles. The fourth-order valence-electron chi connectivity index (χ4n) is 3.40. The predicted octanol–water partition coefficient (Wildman–Crippen LogP) is 3.53. The molecule has 0 saturated heterocycles. The molecule has 218 valence electrons. The number of methoxy groups -OCH3 is 1. The number of carbonyl (C=O) groups excluding carboxylic acids is 1. The van der Waals surface area contributed by atoms with Crippen molar-refractivity contribution in [3.05, 3.63) is 60.2 Å². The highest BCUT2D eigenvalue weighted by Crippen LogP contribution is 2.43. The van der Waals surface area contributed by atoms with E-state index in [-0.39, 0.29) is 52.1 Å². The summed E-state index contributed by atoms with van der Waals surface area (Å²) in [5, 5.41) is 27.7. The molecule has 3 aromatic rings. The number of nitrogens with zero attached hydrogens (tertiary/aromatic N) is 4. The van der Waals surface area contributed by atoms with Crippen molar-refractivity contribution >= 4 is 65.7 Å². The summed E-state index contributed by atoms with van der Waals surface area (Å²) in [4.78, 5) is 11.3. The van der Waals surface area contributed by atoms with Crippen molar-refractivity contribution in [1.29, 1.82) is 0 Å². The second kappa shape index (κ2) is 13.3. The molecule has 15 nitrogen and oxygen atoms in total. The van der Waals surface area contributed by atoms with Gasteiger partial charge in [0.15, 0.2) is 9.84 Å². The van der Waals surface area contributed by atoms with E-state index in [1.165, 1.54) is 25.3 Å². The highest BCUT2D eigenvalue weighted by atomic mass is 32.2. The summed E-state index contributed by atoms with van der Waals surface area (Å²) >= 11 is 0. The molecule has 41 heavy (non-hydrogen) atoms. The lowest BCUT2D eigenvalue weighted by Crippen LogP contribution is -2.20. The highest BCUT2D eigenvalue weighted by Gasteiger charge is 2.22. The fourth-order valence-corrected chi connectivity index (χ4v) is 4.93. The Morgan fingerprint density at radius 1 is 0.902 bits per heavy atom. The third-order valence-corrected chi connectivity index (χ3v) is 7.95. The van der Waals surface area contributed by atoms with Gasteiger partial charge >= 0.3 is 5.97 Å². The number of ether oxygens (including phenoxy) is 1. The van der Waals surface area contributed by atoms with E-state index in [9.17, 15) is 26.2 Å². The molecule has 0 heterocycles. The van der Waals surface area contributed by atoms with Crippen LogP contribution in [0.3, 0.4) is 0 Å². The number of aliphatic hydroxyl groups is 1. The zero-order chi connectivity index (χ0) is 30.2. The minimum absolute atomic E-state index is 0.0761. The number of anilines is 3. The number of azo groups is 2. The van der Waals surface area contributed by atoms with Crippen LogP contribution < -0.4 is 16.8 Å². The van der Waals surface area contributed by atoms with Crippen molar-refractivity contribution in [1.82, 2.24) is 0 Å². The molecule has 0 saturated carbocycles. The van der Waals surface area contributed by atoms with Crippen molar-refractivity contribution in [3.63, 3.8) is 0 Å². The van der Waals surface area contributed by atoms with E-state index in [0.29, 0.717) is 5.69 Å². The number of nitrogens with one attached hydrogen (secondary N) is 1. The Hall–Kier alpha value is -4.45. The number of esters is 1. The van der Waals surface area contributed by atoms with E-state index in [4.69, 9.17) is 21.3 Å². The first-order valence-corrected chi connectivity index (χ1v) is 15.0. The Labute approximate surface area is 235 Å². The molecule has 17 heteroatoms. The number of benzene rings is 3. The zero-order valence-corrected chi connectivity index (χ0v) is 23.3. The number of nitrogens with two attached hydrogens (primary N) is 2. The van der Waals surface area contributed by atoms with Crippen LogP contribution in [0, 0.1) is 0 Å². The number of sulfone groups is 1.